The maximum atomic E-state index is 12.8. The number of nitrogens with zero attached hydrogens (tertiary/aromatic N) is 1. The van der Waals surface area contributed by atoms with Crippen LogP contribution in [0.2, 0.25) is 22.2 Å². The molecule has 0 radical (unpaired) electrons. The minimum Gasteiger partial charge on any atom is -0.414 e. The van der Waals surface area contributed by atoms with E-state index < -0.39 is 46.3 Å². The van der Waals surface area contributed by atoms with Crippen molar-refractivity contribution in [2.24, 2.45) is 0 Å². The summed E-state index contributed by atoms with van der Waals surface area (Å²) in [6.45, 7) is 16.8. The molecule has 0 spiro atoms. The summed E-state index contributed by atoms with van der Waals surface area (Å²) < 4.78 is 28.7. The summed E-state index contributed by atoms with van der Waals surface area (Å²) in [6.07, 6.45) is 0.622. The highest BCUT2D eigenvalue weighted by molar-refractivity contribution is 6.83. The van der Waals surface area contributed by atoms with E-state index in [1.807, 2.05) is 0 Å². The first-order valence-corrected chi connectivity index (χ1v) is 15.9. The fourth-order valence-corrected chi connectivity index (χ4v) is 16.6. The van der Waals surface area contributed by atoms with Gasteiger partial charge in [-0.05, 0) is 22.2 Å². The third-order valence-corrected chi connectivity index (χ3v) is 17.4. The van der Waals surface area contributed by atoms with Crippen LogP contribution in [-0.2, 0) is 23.4 Å². The fourth-order valence-electron chi connectivity index (χ4n) is 5.35. The van der Waals surface area contributed by atoms with Gasteiger partial charge in [-0.2, -0.15) is 0 Å². The maximum Gasteiger partial charge on any atom is 0.335 e. The Morgan fingerprint density at radius 1 is 1.06 bits per heavy atom. The highest BCUT2D eigenvalue weighted by atomic mass is 28.5. The molecule has 2 N–H and O–H groups in total. The largest absolute Gasteiger partial charge is 0.414 e. The number of hydrogen-bond acceptors (Lipinski definition) is 7. The second-order valence-corrected chi connectivity index (χ2v) is 19.4. The van der Waals surface area contributed by atoms with Gasteiger partial charge >= 0.3 is 22.8 Å². The van der Waals surface area contributed by atoms with Gasteiger partial charge in [0.05, 0.1) is 19.3 Å². The molecule has 11 heteroatoms. The first-order valence-electron chi connectivity index (χ1n) is 12.0. The van der Waals surface area contributed by atoms with Crippen molar-refractivity contribution in [1.29, 1.82) is 0 Å². The number of nitrogens with one attached hydrogen (secondary N) is 1. The molecule has 2 fully saturated rings. The van der Waals surface area contributed by atoms with Crippen LogP contribution in [-0.4, -0.2) is 57.2 Å². The molecule has 0 aromatic carbocycles. The number of aliphatic hydroxyl groups excluding tert-OH is 1. The van der Waals surface area contributed by atoms with E-state index in [1.54, 1.807) is 0 Å². The predicted molar refractivity (Wildman–Crippen MR) is 130 cm³/mol. The Balaban J connectivity index is 2.24. The number of hydrogen-bond donors (Lipinski definition) is 2. The summed E-state index contributed by atoms with van der Waals surface area (Å²) in [6, 6.07) is 1.29. The lowest BCUT2D eigenvalue weighted by Gasteiger charge is -2.49. The average Bonchev–Trinajstić information content (AvgIpc) is 3.10. The Morgan fingerprint density at radius 2 is 1.64 bits per heavy atom. The lowest BCUT2D eigenvalue weighted by Crippen LogP contribution is -2.63. The second kappa shape index (κ2) is 9.52. The van der Waals surface area contributed by atoms with Crippen molar-refractivity contribution in [3.63, 3.8) is 0 Å². The molecular formula is C22H40N2O7Si2. The van der Waals surface area contributed by atoms with E-state index in [0.717, 1.165) is 0 Å². The van der Waals surface area contributed by atoms with E-state index in [-0.39, 0.29) is 35.4 Å². The number of aromatic amines is 1. The van der Waals surface area contributed by atoms with Crippen LogP contribution in [0.3, 0.4) is 0 Å². The number of ether oxygens (including phenoxy) is 1. The van der Waals surface area contributed by atoms with Gasteiger partial charge in [-0.1, -0.05) is 55.4 Å². The van der Waals surface area contributed by atoms with E-state index in [2.05, 4.69) is 60.4 Å². The quantitative estimate of drug-likeness (QED) is 0.578. The van der Waals surface area contributed by atoms with Crippen molar-refractivity contribution >= 4 is 17.1 Å². The third-order valence-electron chi connectivity index (χ3n) is 7.15. The summed E-state index contributed by atoms with van der Waals surface area (Å²) in [4.78, 5) is 26.9. The molecule has 2 bridgehead atoms. The zero-order valence-electron chi connectivity index (χ0n) is 21.1. The lowest BCUT2D eigenvalue weighted by molar-refractivity contribution is -0.144. The van der Waals surface area contributed by atoms with Crippen LogP contribution in [0.25, 0.3) is 0 Å². The van der Waals surface area contributed by atoms with Gasteiger partial charge in [0.15, 0.2) is 5.72 Å². The van der Waals surface area contributed by atoms with Crippen LogP contribution in [0.15, 0.2) is 21.9 Å². The van der Waals surface area contributed by atoms with Crippen molar-refractivity contribution in [3.05, 3.63) is 33.1 Å². The Hall–Kier alpha value is -1.09. The van der Waals surface area contributed by atoms with Gasteiger partial charge in [0, 0.05) is 18.7 Å². The second-order valence-electron chi connectivity index (χ2n) is 10.6. The number of rotatable bonds is 6. The smallest absolute Gasteiger partial charge is 0.335 e. The Kier molecular flexibility index (Phi) is 7.65. The van der Waals surface area contributed by atoms with Gasteiger partial charge in [0.2, 0.25) is 0 Å². The van der Waals surface area contributed by atoms with Crippen molar-refractivity contribution in [2.75, 3.05) is 13.2 Å². The molecule has 1 aromatic rings. The van der Waals surface area contributed by atoms with Crippen LogP contribution in [0.1, 0.15) is 61.8 Å². The van der Waals surface area contributed by atoms with E-state index in [4.69, 9.17) is 17.7 Å². The van der Waals surface area contributed by atoms with E-state index in [9.17, 15) is 14.7 Å². The van der Waals surface area contributed by atoms with Gasteiger partial charge in [-0.15, -0.1) is 0 Å². The molecule has 0 unspecified atom stereocenters. The van der Waals surface area contributed by atoms with Gasteiger partial charge in [-0.3, -0.25) is 14.3 Å². The number of H-pyrrole nitrogens is 1. The molecule has 0 amide bonds. The molecule has 33 heavy (non-hydrogen) atoms. The first kappa shape index (κ1) is 26.5. The monoisotopic (exact) mass is 500 g/mol. The molecule has 3 heterocycles. The normalized spacial score (nSPS) is 29.5. The molecule has 2 aliphatic rings. The molecule has 3 atom stereocenters. The topological polar surface area (TPSA) is 112 Å². The van der Waals surface area contributed by atoms with Crippen LogP contribution >= 0.6 is 0 Å². The number of aromatic nitrogens is 2. The summed E-state index contributed by atoms with van der Waals surface area (Å²) in [5.74, 6) is 0. The molecule has 0 aliphatic carbocycles. The molecule has 0 saturated carbocycles. The minimum atomic E-state index is -2.88. The predicted octanol–water partition coefficient (Wildman–Crippen LogP) is 2.93. The highest BCUT2D eigenvalue weighted by Crippen LogP contribution is 2.49. The standard InChI is InChI=1S/C22H40N2O7Si2/c1-14(2)32(15(3)4)28-13-22(24-10-9-20(26)23-21(24)27)11-18(19(12-25)29-22)30-33(31-32,16(5)6)17(7)8/h9-10,14-19,25H,11-13H2,1-8H3,(H,23,26,27)/t18-,19+,22-/m0/s1. The van der Waals surface area contributed by atoms with Crippen LogP contribution in [0.5, 0.6) is 0 Å². The molecule has 188 valence electrons. The van der Waals surface area contributed by atoms with Gasteiger partial charge in [0.1, 0.15) is 6.10 Å². The molecule has 2 saturated heterocycles. The maximum absolute atomic E-state index is 12.8. The lowest BCUT2D eigenvalue weighted by atomic mass is 10.1. The Labute approximate surface area is 197 Å². The van der Waals surface area contributed by atoms with Crippen molar-refractivity contribution in [1.82, 2.24) is 9.55 Å². The van der Waals surface area contributed by atoms with Gasteiger partial charge < -0.3 is 22.8 Å². The van der Waals surface area contributed by atoms with E-state index >= 15 is 0 Å². The van der Waals surface area contributed by atoms with Crippen LogP contribution in [0.4, 0.5) is 0 Å². The zero-order chi connectivity index (χ0) is 24.8. The van der Waals surface area contributed by atoms with E-state index in [1.165, 1.54) is 16.8 Å². The van der Waals surface area contributed by atoms with Crippen molar-refractivity contribution in [2.45, 2.75) is 102 Å². The summed E-state index contributed by atoms with van der Waals surface area (Å²) in [5, 5.41) is 10.2. The van der Waals surface area contributed by atoms with Crippen molar-refractivity contribution in [3.8, 4) is 0 Å². The molecule has 1 aromatic heterocycles. The fraction of sp³-hybridized carbons (Fsp3) is 0.818. The summed E-state index contributed by atoms with van der Waals surface area (Å²) in [7, 11) is -5.77. The third kappa shape index (κ3) is 4.48. The van der Waals surface area contributed by atoms with Gasteiger partial charge in [-0.25, -0.2) is 4.79 Å². The summed E-state index contributed by atoms with van der Waals surface area (Å²) in [5.41, 5.74) is -1.77. The van der Waals surface area contributed by atoms with Gasteiger partial charge in [0.25, 0.3) is 5.56 Å². The summed E-state index contributed by atoms with van der Waals surface area (Å²) >= 11 is 0. The number of fused-ring (bicyclic) bond motifs is 2. The Bertz CT molecular complexity index is 929. The zero-order valence-corrected chi connectivity index (χ0v) is 23.1. The van der Waals surface area contributed by atoms with Crippen LogP contribution in [0, 0.1) is 0 Å². The molecule has 3 rings (SSSR count). The average molecular weight is 501 g/mol. The van der Waals surface area contributed by atoms with Crippen LogP contribution < -0.4 is 11.2 Å². The first-order chi connectivity index (χ1) is 15.3. The molecule has 2 aliphatic heterocycles. The SMILES string of the molecule is CC(C)[Si]1(C(C)C)OC[C@]2(n3ccc(=O)[nH]c3=O)C[C@H](O[Si](C(C)C)(C(C)C)O1)[C@@H](CO)O2. The van der Waals surface area contributed by atoms with Crippen molar-refractivity contribution < 1.29 is 22.8 Å². The molecule has 9 nitrogen and oxygen atoms in total. The Morgan fingerprint density at radius 3 is 2.12 bits per heavy atom. The highest BCUT2D eigenvalue weighted by Gasteiger charge is 2.62. The minimum absolute atomic E-state index is 0.0680. The molecular weight excluding hydrogens is 460 g/mol. The van der Waals surface area contributed by atoms with E-state index in [0.29, 0.717) is 6.42 Å². The number of aliphatic hydroxyl groups is 1.